The number of Topliss-reactive ketones (excluding diaryl/α,β-unsaturated/α-hetero) is 1. The second-order valence-electron chi connectivity index (χ2n) is 9.47. The lowest BCUT2D eigenvalue weighted by Gasteiger charge is -2.32. The van der Waals surface area contributed by atoms with Crippen molar-refractivity contribution in [3.63, 3.8) is 0 Å². The van der Waals surface area contributed by atoms with Crippen molar-refractivity contribution in [2.45, 2.75) is 55.1 Å². The first-order valence-electron chi connectivity index (χ1n) is 11.6. The van der Waals surface area contributed by atoms with E-state index in [-0.39, 0.29) is 36.0 Å². The molecule has 2 aliphatic heterocycles. The van der Waals surface area contributed by atoms with Gasteiger partial charge in [-0.15, -0.1) is 0 Å². The van der Waals surface area contributed by atoms with E-state index in [1.807, 2.05) is 13.8 Å². The van der Waals surface area contributed by atoms with Gasteiger partial charge in [-0.05, 0) is 48.7 Å². The van der Waals surface area contributed by atoms with Crippen LogP contribution in [-0.4, -0.2) is 61.0 Å². The number of fused-ring (bicyclic) bond motifs is 1. The molecular weight excluding hydrogens is 468 g/mol. The van der Waals surface area contributed by atoms with Gasteiger partial charge >= 0.3 is 0 Å². The zero-order valence-corrected chi connectivity index (χ0v) is 20.5. The molecule has 0 radical (unpaired) electrons. The number of amides is 2. The maximum atomic E-state index is 13.9. The van der Waals surface area contributed by atoms with Gasteiger partial charge in [0.15, 0.2) is 15.6 Å². The van der Waals surface area contributed by atoms with Crippen LogP contribution in [0, 0.1) is 5.92 Å². The number of nitrogens with zero attached hydrogens (tertiary/aromatic N) is 1. The van der Waals surface area contributed by atoms with Gasteiger partial charge in [-0.1, -0.05) is 32.0 Å². The Morgan fingerprint density at radius 3 is 2.40 bits per heavy atom. The van der Waals surface area contributed by atoms with E-state index in [0.29, 0.717) is 11.3 Å². The highest BCUT2D eigenvalue weighted by Gasteiger charge is 2.55. The predicted octanol–water partition coefficient (Wildman–Crippen LogP) is 1.36. The summed E-state index contributed by atoms with van der Waals surface area (Å²) >= 11 is 0. The van der Waals surface area contributed by atoms with Gasteiger partial charge in [0.25, 0.3) is 5.91 Å². The van der Waals surface area contributed by atoms with Gasteiger partial charge in [0, 0.05) is 23.7 Å². The zero-order chi connectivity index (χ0) is 25.3. The first-order chi connectivity index (χ1) is 16.6. The summed E-state index contributed by atoms with van der Waals surface area (Å²) < 4.78 is 27.2. The molecular formula is C25H30N4O5S. The predicted molar refractivity (Wildman–Crippen MR) is 131 cm³/mol. The van der Waals surface area contributed by atoms with E-state index in [0.717, 1.165) is 0 Å². The minimum Gasteiger partial charge on any atom is -0.399 e. The fourth-order valence-electron chi connectivity index (χ4n) is 4.81. The van der Waals surface area contributed by atoms with Crippen LogP contribution in [-0.2, 0) is 19.4 Å². The third-order valence-electron chi connectivity index (χ3n) is 6.48. The smallest absolute Gasteiger partial charge is 0.251 e. The number of anilines is 1. The van der Waals surface area contributed by atoms with E-state index < -0.39 is 45.2 Å². The van der Waals surface area contributed by atoms with Crippen LogP contribution in [0.1, 0.15) is 37.0 Å². The highest BCUT2D eigenvalue weighted by molar-refractivity contribution is 7.92. The highest BCUT2D eigenvalue weighted by Crippen LogP contribution is 2.35. The maximum Gasteiger partial charge on any atom is 0.251 e. The Kier molecular flexibility index (Phi) is 6.95. The van der Waals surface area contributed by atoms with Gasteiger partial charge in [0.2, 0.25) is 5.91 Å². The lowest BCUT2D eigenvalue weighted by molar-refractivity contribution is -0.139. The molecule has 2 aromatic rings. The van der Waals surface area contributed by atoms with Crippen molar-refractivity contribution in [1.29, 1.82) is 0 Å². The van der Waals surface area contributed by atoms with Crippen molar-refractivity contribution in [3.05, 3.63) is 60.2 Å². The normalized spacial score (nSPS) is 22.8. The number of nitrogens with one attached hydrogen (secondary N) is 2. The SMILES string of the molecule is CC(C)CC(NC(=O)c1ccc(N)cc1)C(=O)N1C2C(=O)CNC2CC1S(=O)(=O)c1ccccc1. The molecule has 0 bridgehead atoms. The van der Waals surface area contributed by atoms with Gasteiger partial charge in [-0.2, -0.15) is 0 Å². The van der Waals surface area contributed by atoms with E-state index in [4.69, 9.17) is 5.73 Å². The van der Waals surface area contributed by atoms with Gasteiger partial charge in [-0.3, -0.25) is 14.4 Å². The first-order valence-corrected chi connectivity index (χ1v) is 13.2. The molecule has 2 heterocycles. The monoisotopic (exact) mass is 498 g/mol. The molecule has 10 heteroatoms. The molecule has 9 nitrogen and oxygen atoms in total. The molecule has 2 aliphatic rings. The van der Waals surface area contributed by atoms with Crippen LogP contribution in [0.2, 0.25) is 0 Å². The molecule has 4 unspecified atom stereocenters. The van der Waals surface area contributed by atoms with E-state index in [9.17, 15) is 22.8 Å². The fourth-order valence-corrected chi connectivity index (χ4v) is 6.66. The molecule has 4 N–H and O–H groups in total. The van der Waals surface area contributed by atoms with Crippen LogP contribution >= 0.6 is 0 Å². The van der Waals surface area contributed by atoms with E-state index in [1.54, 1.807) is 42.5 Å². The number of rotatable bonds is 7. The van der Waals surface area contributed by atoms with E-state index in [1.165, 1.54) is 17.0 Å². The number of nitrogen functional groups attached to an aromatic ring is 1. The summed E-state index contributed by atoms with van der Waals surface area (Å²) in [5.41, 5.74) is 6.53. The third-order valence-corrected chi connectivity index (χ3v) is 8.55. The van der Waals surface area contributed by atoms with Gasteiger partial charge in [0.05, 0.1) is 11.4 Å². The summed E-state index contributed by atoms with van der Waals surface area (Å²) in [7, 11) is -3.96. The minimum atomic E-state index is -3.96. The molecule has 2 saturated heterocycles. The number of carbonyl (C=O) groups excluding carboxylic acids is 3. The molecule has 2 amide bonds. The minimum absolute atomic E-state index is 0.0238. The summed E-state index contributed by atoms with van der Waals surface area (Å²) in [6.07, 6.45) is 0.382. The Bertz CT molecular complexity index is 1210. The van der Waals surface area contributed by atoms with Crippen molar-refractivity contribution in [1.82, 2.24) is 15.5 Å². The molecule has 186 valence electrons. The summed E-state index contributed by atoms with van der Waals surface area (Å²) in [5, 5.41) is 4.61. The Morgan fingerprint density at radius 2 is 1.77 bits per heavy atom. The molecule has 0 saturated carbocycles. The Labute approximate surface area is 205 Å². The van der Waals surface area contributed by atoms with Crippen molar-refractivity contribution >= 4 is 33.1 Å². The number of sulfone groups is 1. The number of benzene rings is 2. The number of hydrogen-bond acceptors (Lipinski definition) is 7. The van der Waals surface area contributed by atoms with Crippen LogP contribution in [0.4, 0.5) is 5.69 Å². The number of hydrogen-bond donors (Lipinski definition) is 3. The van der Waals surface area contributed by atoms with Crippen molar-refractivity contribution in [3.8, 4) is 0 Å². The van der Waals surface area contributed by atoms with Crippen LogP contribution in [0.5, 0.6) is 0 Å². The fraction of sp³-hybridized carbons (Fsp3) is 0.400. The molecule has 35 heavy (non-hydrogen) atoms. The summed E-state index contributed by atoms with van der Waals surface area (Å²) in [5.74, 6) is -1.26. The lowest BCUT2D eigenvalue weighted by Crippen LogP contribution is -2.56. The molecule has 0 aromatic heterocycles. The number of ketones is 1. The second-order valence-corrected chi connectivity index (χ2v) is 11.6. The van der Waals surface area contributed by atoms with E-state index >= 15 is 0 Å². The maximum absolute atomic E-state index is 13.9. The average Bonchev–Trinajstić information content (AvgIpc) is 3.39. The number of nitrogens with two attached hydrogens (primary N) is 1. The Morgan fingerprint density at radius 1 is 1.11 bits per heavy atom. The van der Waals surface area contributed by atoms with Crippen LogP contribution < -0.4 is 16.4 Å². The zero-order valence-electron chi connectivity index (χ0n) is 19.7. The first kappa shape index (κ1) is 24.9. The van der Waals surface area contributed by atoms with Crippen molar-refractivity contribution in [2.24, 2.45) is 5.92 Å². The molecule has 2 aromatic carbocycles. The third kappa shape index (κ3) is 4.94. The van der Waals surface area contributed by atoms with Crippen LogP contribution in [0.3, 0.4) is 0 Å². The molecule has 4 rings (SSSR count). The topological polar surface area (TPSA) is 139 Å². The van der Waals surface area contributed by atoms with Crippen LogP contribution in [0.15, 0.2) is 59.5 Å². The highest BCUT2D eigenvalue weighted by atomic mass is 32.2. The molecule has 2 fully saturated rings. The largest absolute Gasteiger partial charge is 0.399 e. The Hall–Kier alpha value is -3.24. The second kappa shape index (κ2) is 9.79. The quantitative estimate of drug-likeness (QED) is 0.490. The van der Waals surface area contributed by atoms with E-state index in [2.05, 4.69) is 10.6 Å². The summed E-state index contributed by atoms with van der Waals surface area (Å²) in [6, 6.07) is 11.8. The van der Waals surface area contributed by atoms with Crippen molar-refractivity contribution < 1.29 is 22.8 Å². The average molecular weight is 499 g/mol. The lowest BCUT2D eigenvalue weighted by atomic mass is 10.0. The summed E-state index contributed by atoms with van der Waals surface area (Å²) in [6.45, 7) is 3.88. The van der Waals surface area contributed by atoms with Gasteiger partial charge in [0.1, 0.15) is 17.5 Å². The van der Waals surface area contributed by atoms with Crippen molar-refractivity contribution in [2.75, 3.05) is 12.3 Å². The molecule has 0 spiro atoms. The number of carbonyl (C=O) groups is 3. The van der Waals surface area contributed by atoms with Gasteiger partial charge in [-0.25, -0.2) is 8.42 Å². The standard InChI is InChI=1S/C25H30N4O5S/c1-15(2)12-20(28-24(31)16-8-10-17(26)11-9-16)25(32)29-22(13-19-23(29)21(30)14-27-19)35(33,34)18-6-4-3-5-7-18/h3-11,15,19-20,22-23,27H,12-14,26H2,1-2H3,(H,28,31). The molecule has 4 atom stereocenters. The number of likely N-dealkylation sites (tertiary alicyclic amines) is 1. The van der Waals surface area contributed by atoms with Crippen LogP contribution in [0.25, 0.3) is 0 Å². The van der Waals surface area contributed by atoms with Gasteiger partial charge < -0.3 is 21.3 Å². The summed E-state index contributed by atoms with van der Waals surface area (Å²) in [4.78, 5) is 40.9. The Balaban J connectivity index is 1.68. The molecule has 0 aliphatic carbocycles.